The molecule has 1 atom stereocenters. The Morgan fingerprint density at radius 2 is 2.00 bits per heavy atom. The van der Waals surface area contributed by atoms with Gasteiger partial charge in [0.25, 0.3) is 0 Å². The standard InChI is InChI=1S/C14H17NO4/c1-9(16)15(11-6-7-11)14(2,13(18)19)10-4-3-5-12(17)8-10/h3-5,8,11,17H,6-7H2,1-2H3,(H,18,19). The number of hydrogen-bond donors (Lipinski definition) is 2. The number of carboxylic acid groups (broad SMARTS) is 1. The van der Waals surface area contributed by atoms with Crippen LogP contribution < -0.4 is 0 Å². The van der Waals surface area contributed by atoms with Crippen LogP contribution in [0.5, 0.6) is 5.75 Å². The molecule has 2 rings (SSSR count). The fourth-order valence-corrected chi connectivity index (χ4v) is 2.44. The Hall–Kier alpha value is -2.04. The van der Waals surface area contributed by atoms with Crippen LogP contribution in [0, 0.1) is 0 Å². The summed E-state index contributed by atoms with van der Waals surface area (Å²) in [6.45, 7) is 2.88. The van der Waals surface area contributed by atoms with E-state index in [1.165, 1.54) is 30.9 Å². The summed E-state index contributed by atoms with van der Waals surface area (Å²) in [5, 5.41) is 19.1. The van der Waals surface area contributed by atoms with Crippen LogP contribution in [0.2, 0.25) is 0 Å². The second-order valence-corrected chi connectivity index (χ2v) is 5.05. The Morgan fingerprint density at radius 3 is 2.42 bits per heavy atom. The van der Waals surface area contributed by atoms with Crippen molar-refractivity contribution >= 4 is 11.9 Å². The number of phenolic OH excluding ortho intramolecular Hbond substituents is 1. The number of phenols is 1. The summed E-state index contributed by atoms with van der Waals surface area (Å²) in [5.41, 5.74) is -1.05. The summed E-state index contributed by atoms with van der Waals surface area (Å²) in [4.78, 5) is 25.0. The van der Waals surface area contributed by atoms with Crippen molar-refractivity contribution in [3.8, 4) is 5.75 Å². The molecule has 0 radical (unpaired) electrons. The predicted octanol–water partition coefficient (Wildman–Crippen LogP) is 1.70. The van der Waals surface area contributed by atoms with Crippen molar-refractivity contribution in [3.63, 3.8) is 0 Å². The van der Waals surface area contributed by atoms with Crippen molar-refractivity contribution < 1.29 is 19.8 Å². The number of carbonyl (C=O) groups excluding carboxylic acids is 1. The number of aromatic hydroxyl groups is 1. The minimum Gasteiger partial charge on any atom is -0.508 e. The monoisotopic (exact) mass is 263 g/mol. The largest absolute Gasteiger partial charge is 0.508 e. The van der Waals surface area contributed by atoms with Gasteiger partial charge in [-0.15, -0.1) is 0 Å². The van der Waals surface area contributed by atoms with Crippen LogP contribution in [0.3, 0.4) is 0 Å². The molecule has 1 amide bonds. The molecule has 1 aromatic rings. The maximum Gasteiger partial charge on any atom is 0.334 e. The van der Waals surface area contributed by atoms with Gasteiger partial charge in [-0.2, -0.15) is 0 Å². The maximum atomic E-state index is 11.8. The van der Waals surface area contributed by atoms with Crippen LogP contribution in [-0.4, -0.2) is 33.0 Å². The van der Waals surface area contributed by atoms with Gasteiger partial charge in [0.2, 0.25) is 5.91 Å². The number of carboxylic acids is 1. The second kappa shape index (κ2) is 4.57. The van der Waals surface area contributed by atoms with Gasteiger partial charge >= 0.3 is 5.97 Å². The SMILES string of the molecule is CC(=O)N(C1CC1)C(C)(C(=O)O)c1cccc(O)c1. The Morgan fingerprint density at radius 1 is 1.37 bits per heavy atom. The van der Waals surface area contributed by atoms with Crippen molar-refractivity contribution in [1.82, 2.24) is 4.90 Å². The molecule has 2 N–H and O–H groups in total. The molecule has 5 nitrogen and oxygen atoms in total. The molecule has 0 bridgehead atoms. The lowest BCUT2D eigenvalue weighted by Gasteiger charge is -2.38. The third kappa shape index (κ3) is 2.28. The van der Waals surface area contributed by atoms with E-state index in [2.05, 4.69) is 0 Å². The molecule has 1 unspecified atom stereocenters. The lowest BCUT2D eigenvalue weighted by molar-refractivity contribution is -0.159. The number of amides is 1. The third-order valence-electron chi connectivity index (χ3n) is 3.56. The summed E-state index contributed by atoms with van der Waals surface area (Å²) in [6, 6.07) is 6.04. The molecule has 1 aromatic carbocycles. The highest BCUT2D eigenvalue weighted by Crippen LogP contribution is 2.39. The molecule has 0 saturated heterocycles. The normalized spacial score (nSPS) is 17.6. The minimum atomic E-state index is -1.45. The second-order valence-electron chi connectivity index (χ2n) is 5.05. The van der Waals surface area contributed by atoms with Crippen LogP contribution >= 0.6 is 0 Å². The van der Waals surface area contributed by atoms with E-state index < -0.39 is 11.5 Å². The lowest BCUT2D eigenvalue weighted by atomic mass is 9.89. The first-order valence-electron chi connectivity index (χ1n) is 6.20. The molecule has 1 aliphatic carbocycles. The average Bonchev–Trinajstić information content (AvgIpc) is 3.12. The molecule has 1 saturated carbocycles. The first-order chi connectivity index (χ1) is 8.87. The van der Waals surface area contributed by atoms with Crippen molar-refractivity contribution in [2.45, 2.75) is 38.3 Å². The van der Waals surface area contributed by atoms with Crippen molar-refractivity contribution in [1.29, 1.82) is 0 Å². The molecule has 102 valence electrons. The summed E-state index contributed by atoms with van der Waals surface area (Å²) in [6.07, 6.45) is 1.64. The van der Waals surface area contributed by atoms with E-state index in [0.717, 1.165) is 12.8 Å². The summed E-state index contributed by atoms with van der Waals surface area (Å²) in [5.74, 6) is -1.37. The lowest BCUT2D eigenvalue weighted by Crippen LogP contribution is -2.53. The Kier molecular flexibility index (Phi) is 3.22. The zero-order chi connectivity index (χ0) is 14.2. The smallest absolute Gasteiger partial charge is 0.334 e. The van der Waals surface area contributed by atoms with Gasteiger partial charge < -0.3 is 15.1 Å². The number of hydrogen-bond acceptors (Lipinski definition) is 3. The highest BCUT2D eigenvalue weighted by atomic mass is 16.4. The number of nitrogens with zero attached hydrogens (tertiary/aromatic N) is 1. The Bertz CT molecular complexity index is 524. The van der Waals surface area contributed by atoms with Gasteiger partial charge in [0.1, 0.15) is 5.75 Å². The maximum absolute atomic E-state index is 11.8. The molecular formula is C14H17NO4. The average molecular weight is 263 g/mol. The van der Waals surface area contributed by atoms with Crippen LogP contribution in [0.15, 0.2) is 24.3 Å². The molecule has 5 heteroatoms. The number of aliphatic carboxylic acids is 1. The first kappa shape index (κ1) is 13.4. The topological polar surface area (TPSA) is 77.8 Å². The molecule has 0 heterocycles. The summed E-state index contributed by atoms with van der Waals surface area (Å²) in [7, 11) is 0. The predicted molar refractivity (Wildman–Crippen MR) is 68.6 cm³/mol. The summed E-state index contributed by atoms with van der Waals surface area (Å²) >= 11 is 0. The van der Waals surface area contributed by atoms with Crippen LogP contribution in [0.25, 0.3) is 0 Å². The highest BCUT2D eigenvalue weighted by Gasteiger charge is 2.49. The van der Waals surface area contributed by atoms with Gasteiger partial charge in [0.15, 0.2) is 5.54 Å². The van der Waals surface area contributed by atoms with E-state index in [9.17, 15) is 19.8 Å². The molecule has 0 spiro atoms. The van der Waals surface area contributed by atoms with Crippen LogP contribution in [0.4, 0.5) is 0 Å². The number of benzene rings is 1. The minimum absolute atomic E-state index is 0.00993. The van der Waals surface area contributed by atoms with E-state index in [1.807, 2.05) is 0 Å². The van der Waals surface area contributed by atoms with Gasteiger partial charge in [0.05, 0.1) is 0 Å². The highest BCUT2D eigenvalue weighted by molar-refractivity contribution is 5.87. The fraction of sp³-hybridized carbons (Fsp3) is 0.429. The molecular weight excluding hydrogens is 246 g/mol. The van der Waals surface area contributed by atoms with Crippen LogP contribution in [0.1, 0.15) is 32.3 Å². The fourth-order valence-electron chi connectivity index (χ4n) is 2.44. The van der Waals surface area contributed by atoms with Gasteiger partial charge in [0, 0.05) is 13.0 Å². The van der Waals surface area contributed by atoms with Crippen molar-refractivity contribution in [3.05, 3.63) is 29.8 Å². The molecule has 1 fully saturated rings. The van der Waals surface area contributed by atoms with E-state index in [0.29, 0.717) is 5.56 Å². The number of carbonyl (C=O) groups is 2. The first-order valence-corrected chi connectivity index (χ1v) is 6.20. The van der Waals surface area contributed by atoms with Gasteiger partial charge in [-0.3, -0.25) is 4.79 Å². The van der Waals surface area contributed by atoms with E-state index >= 15 is 0 Å². The summed E-state index contributed by atoms with van der Waals surface area (Å²) < 4.78 is 0. The molecule has 19 heavy (non-hydrogen) atoms. The quantitative estimate of drug-likeness (QED) is 0.866. The zero-order valence-corrected chi connectivity index (χ0v) is 11.0. The van der Waals surface area contributed by atoms with E-state index in [-0.39, 0.29) is 17.7 Å². The van der Waals surface area contributed by atoms with Crippen LogP contribution in [-0.2, 0) is 15.1 Å². The Balaban J connectivity index is 2.53. The molecule has 0 aromatic heterocycles. The molecule has 0 aliphatic heterocycles. The zero-order valence-electron chi connectivity index (χ0n) is 11.0. The molecule has 1 aliphatic rings. The third-order valence-corrected chi connectivity index (χ3v) is 3.56. The van der Waals surface area contributed by atoms with E-state index in [1.54, 1.807) is 12.1 Å². The van der Waals surface area contributed by atoms with E-state index in [4.69, 9.17) is 0 Å². The van der Waals surface area contributed by atoms with Crippen molar-refractivity contribution in [2.75, 3.05) is 0 Å². The number of rotatable bonds is 4. The van der Waals surface area contributed by atoms with Crippen molar-refractivity contribution in [2.24, 2.45) is 0 Å². The van der Waals surface area contributed by atoms with Gasteiger partial charge in [-0.1, -0.05) is 12.1 Å². The van der Waals surface area contributed by atoms with Gasteiger partial charge in [-0.05, 0) is 37.5 Å². The van der Waals surface area contributed by atoms with Gasteiger partial charge in [-0.25, -0.2) is 4.79 Å². The Labute approximate surface area is 111 Å².